The molecule has 130 valence electrons. The number of rotatable bonds is 11. The van der Waals surface area contributed by atoms with Crippen molar-refractivity contribution in [2.24, 2.45) is 5.41 Å². The van der Waals surface area contributed by atoms with Crippen LogP contribution in [0.4, 0.5) is 4.79 Å². The summed E-state index contributed by atoms with van der Waals surface area (Å²) in [5.41, 5.74) is -1.68. The summed E-state index contributed by atoms with van der Waals surface area (Å²) in [7, 11) is 0. The van der Waals surface area contributed by atoms with Gasteiger partial charge >= 0.3 is 12.0 Å². The average Bonchev–Trinajstić information content (AvgIpc) is 2.46. The summed E-state index contributed by atoms with van der Waals surface area (Å²) in [5, 5.41) is 13.0. The van der Waals surface area contributed by atoms with Crippen molar-refractivity contribution in [3.63, 3.8) is 0 Å². The summed E-state index contributed by atoms with van der Waals surface area (Å²) < 4.78 is 0. The second-order valence-electron chi connectivity index (χ2n) is 6.11. The monoisotopic (exact) mass is 326 g/mol. The van der Waals surface area contributed by atoms with Crippen molar-refractivity contribution < 1.29 is 24.3 Å². The van der Waals surface area contributed by atoms with Gasteiger partial charge in [0.05, 0.1) is 6.42 Å². The zero-order valence-electron chi connectivity index (χ0n) is 13.7. The van der Waals surface area contributed by atoms with Gasteiger partial charge in [0.1, 0.15) is 5.41 Å². The lowest BCUT2D eigenvalue weighted by molar-refractivity contribution is -0.154. The van der Waals surface area contributed by atoms with E-state index in [4.69, 9.17) is 5.11 Å². The number of amides is 4. The molecule has 0 saturated carbocycles. The highest BCUT2D eigenvalue weighted by molar-refractivity contribution is 6.20. The fraction of sp³-hybridized carbons (Fsp3) is 0.750. The Kier molecular flexibility index (Phi) is 7.71. The van der Waals surface area contributed by atoms with Gasteiger partial charge in [0, 0.05) is 0 Å². The van der Waals surface area contributed by atoms with E-state index in [-0.39, 0.29) is 6.42 Å². The highest BCUT2D eigenvalue weighted by Crippen LogP contribution is 2.32. The zero-order chi connectivity index (χ0) is 17.3. The second kappa shape index (κ2) is 9.27. The number of urea groups is 1. The normalized spacial score (nSPS) is 16.8. The van der Waals surface area contributed by atoms with E-state index < -0.39 is 35.7 Å². The first-order valence-electron chi connectivity index (χ1n) is 8.31. The van der Waals surface area contributed by atoms with Gasteiger partial charge < -0.3 is 5.11 Å². The van der Waals surface area contributed by atoms with E-state index in [2.05, 4.69) is 6.92 Å². The van der Waals surface area contributed by atoms with E-state index >= 15 is 0 Å². The van der Waals surface area contributed by atoms with Crippen LogP contribution in [0, 0.1) is 5.41 Å². The van der Waals surface area contributed by atoms with Crippen LogP contribution in [0.1, 0.15) is 71.1 Å². The fourth-order valence-corrected chi connectivity index (χ4v) is 2.87. The van der Waals surface area contributed by atoms with Crippen molar-refractivity contribution in [1.82, 2.24) is 10.6 Å². The Balaban J connectivity index is 2.49. The van der Waals surface area contributed by atoms with Gasteiger partial charge in [-0.3, -0.25) is 25.0 Å². The lowest BCUT2D eigenvalue weighted by Gasteiger charge is -2.32. The molecule has 0 bridgehead atoms. The number of imide groups is 2. The van der Waals surface area contributed by atoms with Crippen LogP contribution in [0.25, 0.3) is 0 Å². The van der Waals surface area contributed by atoms with Crippen LogP contribution in [-0.4, -0.2) is 28.9 Å². The fourth-order valence-electron chi connectivity index (χ4n) is 2.87. The molecule has 0 unspecified atom stereocenters. The van der Waals surface area contributed by atoms with Crippen LogP contribution < -0.4 is 10.6 Å². The average molecular weight is 326 g/mol. The molecule has 1 saturated heterocycles. The topological polar surface area (TPSA) is 113 Å². The first-order valence-corrected chi connectivity index (χ1v) is 8.31. The molecule has 0 aromatic carbocycles. The van der Waals surface area contributed by atoms with E-state index in [1.165, 1.54) is 25.7 Å². The predicted molar refractivity (Wildman–Crippen MR) is 83.6 cm³/mol. The van der Waals surface area contributed by atoms with Gasteiger partial charge in [-0.2, -0.15) is 0 Å². The van der Waals surface area contributed by atoms with Gasteiger partial charge in [-0.25, -0.2) is 4.79 Å². The summed E-state index contributed by atoms with van der Waals surface area (Å²) >= 11 is 0. The van der Waals surface area contributed by atoms with Crippen LogP contribution in [0.3, 0.4) is 0 Å². The molecule has 0 aliphatic carbocycles. The first kappa shape index (κ1) is 19.1. The molecular formula is C16H26N2O5. The highest BCUT2D eigenvalue weighted by Gasteiger charge is 2.51. The molecule has 7 heteroatoms. The molecule has 4 amide bonds. The van der Waals surface area contributed by atoms with Gasteiger partial charge in [0.2, 0.25) is 11.8 Å². The molecule has 7 nitrogen and oxygen atoms in total. The number of nitrogens with one attached hydrogen (secondary N) is 2. The van der Waals surface area contributed by atoms with E-state index in [1.807, 2.05) is 10.6 Å². The molecule has 0 radical (unpaired) electrons. The van der Waals surface area contributed by atoms with Crippen molar-refractivity contribution in [3.8, 4) is 0 Å². The first-order chi connectivity index (χ1) is 10.9. The molecule has 1 aliphatic heterocycles. The SMILES string of the molecule is CCCCCCCCCCC1(CC(=O)O)C(=O)NC(=O)NC1=O. The molecule has 3 N–H and O–H groups in total. The second-order valence-corrected chi connectivity index (χ2v) is 6.11. The Bertz CT molecular complexity index is 441. The predicted octanol–water partition coefficient (Wildman–Crippen LogP) is 2.34. The van der Waals surface area contributed by atoms with E-state index in [9.17, 15) is 19.2 Å². The van der Waals surface area contributed by atoms with Crippen LogP contribution in [-0.2, 0) is 14.4 Å². The molecule has 1 heterocycles. The number of carboxylic acid groups (broad SMARTS) is 1. The van der Waals surface area contributed by atoms with Crippen molar-refractivity contribution >= 4 is 23.8 Å². The quantitative estimate of drug-likeness (QED) is 0.398. The van der Waals surface area contributed by atoms with Gasteiger partial charge in [0.25, 0.3) is 0 Å². The number of aliphatic carboxylic acids is 1. The third-order valence-corrected chi connectivity index (χ3v) is 4.23. The molecule has 1 rings (SSSR count). The lowest BCUT2D eigenvalue weighted by atomic mass is 9.76. The number of carboxylic acids is 1. The maximum Gasteiger partial charge on any atom is 0.328 e. The molecule has 0 aromatic rings. The maximum absolute atomic E-state index is 12.1. The van der Waals surface area contributed by atoms with Crippen molar-refractivity contribution in [1.29, 1.82) is 0 Å². The Labute approximate surface area is 136 Å². The van der Waals surface area contributed by atoms with Gasteiger partial charge in [-0.1, -0.05) is 58.3 Å². The van der Waals surface area contributed by atoms with E-state index in [0.29, 0.717) is 6.42 Å². The minimum atomic E-state index is -1.68. The molecule has 1 fully saturated rings. The van der Waals surface area contributed by atoms with Crippen LogP contribution in [0.5, 0.6) is 0 Å². The van der Waals surface area contributed by atoms with E-state index in [1.54, 1.807) is 0 Å². The summed E-state index contributed by atoms with van der Waals surface area (Å²) in [6.45, 7) is 2.16. The number of carbonyl (C=O) groups excluding carboxylic acids is 3. The van der Waals surface area contributed by atoms with Crippen molar-refractivity contribution in [3.05, 3.63) is 0 Å². The smallest absolute Gasteiger partial charge is 0.328 e. The number of carbonyl (C=O) groups is 4. The van der Waals surface area contributed by atoms with Crippen LogP contribution in [0.2, 0.25) is 0 Å². The third kappa shape index (κ3) is 5.65. The Morgan fingerprint density at radius 3 is 1.87 bits per heavy atom. The summed E-state index contributed by atoms with van der Waals surface area (Å²) in [4.78, 5) is 46.3. The standard InChI is InChI=1S/C16H26N2O5/c1-2-3-4-5-6-7-8-9-10-16(11-12(19)20)13(21)17-15(23)18-14(16)22/h2-11H2,1H3,(H,19,20)(H2,17,18,21,22,23). The zero-order valence-corrected chi connectivity index (χ0v) is 13.7. The van der Waals surface area contributed by atoms with Gasteiger partial charge in [-0.05, 0) is 6.42 Å². The highest BCUT2D eigenvalue weighted by atomic mass is 16.4. The molecule has 0 atom stereocenters. The van der Waals surface area contributed by atoms with Crippen LogP contribution >= 0.6 is 0 Å². The summed E-state index contributed by atoms with van der Waals surface area (Å²) in [6, 6.07) is -0.892. The minimum absolute atomic E-state index is 0.138. The summed E-state index contributed by atoms with van der Waals surface area (Å²) in [6.07, 6.45) is 7.86. The maximum atomic E-state index is 12.1. The summed E-state index contributed by atoms with van der Waals surface area (Å²) in [5.74, 6) is -2.85. The molecular weight excluding hydrogens is 300 g/mol. The number of barbiturate groups is 1. The number of hydrogen-bond acceptors (Lipinski definition) is 4. The third-order valence-electron chi connectivity index (χ3n) is 4.23. The largest absolute Gasteiger partial charge is 0.481 e. The van der Waals surface area contributed by atoms with Gasteiger partial charge in [-0.15, -0.1) is 0 Å². The minimum Gasteiger partial charge on any atom is -0.481 e. The molecule has 0 aromatic heterocycles. The molecule has 0 spiro atoms. The van der Waals surface area contributed by atoms with Crippen LogP contribution in [0.15, 0.2) is 0 Å². The lowest BCUT2D eigenvalue weighted by Crippen LogP contribution is -2.62. The Morgan fingerprint density at radius 1 is 0.913 bits per heavy atom. The molecule has 23 heavy (non-hydrogen) atoms. The van der Waals surface area contributed by atoms with E-state index in [0.717, 1.165) is 19.3 Å². The van der Waals surface area contributed by atoms with Gasteiger partial charge in [0.15, 0.2) is 0 Å². The Morgan fingerprint density at radius 2 is 1.39 bits per heavy atom. The number of hydrogen-bond donors (Lipinski definition) is 3. The van der Waals surface area contributed by atoms with Crippen molar-refractivity contribution in [2.75, 3.05) is 0 Å². The van der Waals surface area contributed by atoms with Crippen molar-refractivity contribution in [2.45, 2.75) is 71.1 Å². The molecule has 1 aliphatic rings. The Hall–Kier alpha value is -1.92. The number of unbranched alkanes of at least 4 members (excludes halogenated alkanes) is 7.